The van der Waals surface area contributed by atoms with Crippen molar-refractivity contribution in [1.82, 2.24) is 10.3 Å². The summed E-state index contributed by atoms with van der Waals surface area (Å²) in [6, 6.07) is 14.2. The number of nitrogens with zero attached hydrogens (tertiary/aromatic N) is 1. The lowest BCUT2D eigenvalue weighted by molar-refractivity contribution is -0.136. The lowest BCUT2D eigenvalue weighted by Gasteiger charge is -2.16. The molecule has 3 rings (SSSR count). The summed E-state index contributed by atoms with van der Waals surface area (Å²) in [6.07, 6.45) is 1.52. The van der Waals surface area contributed by atoms with Crippen molar-refractivity contribution < 1.29 is 19.1 Å². The van der Waals surface area contributed by atoms with E-state index in [2.05, 4.69) is 15.6 Å². The number of pyridine rings is 1. The van der Waals surface area contributed by atoms with Gasteiger partial charge in [0, 0.05) is 5.39 Å². The van der Waals surface area contributed by atoms with Gasteiger partial charge in [-0.1, -0.05) is 24.3 Å². The first kappa shape index (κ1) is 19.2. The van der Waals surface area contributed by atoms with Gasteiger partial charge in [-0.15, -0.1) is 0 Å². The largest absolute Gasteiger partial charge is 0.493 e. The van der Waals surface area contributed by atoms with Crippen LogP contribution in [0.15, 0.2) is 54.7 Å². The molecule has 1 atom stereocenters. The molecule has 0 bridgehead atoms. The number of benzene rings is 2. The van der Waals surface area contributed by atoms with Crippen molar-refractivity contribution in [2.24, 2.45) is 0 Å². The summed E-state index contributed by atoms with van der Waals surface area (Å²) in [5.74, 6) is -0.362. The molecular weight excluding hydrogens is 358 g/mol. The number of para-hydroxylation sites is 1. The van der Waals surface area contributed by atoms with E-state index in [1.807, 2.05) is 24.3 Å². The average molecular weight is 379 g/mol. The Morgan fingerprint density at radius 3 is 2.46 bits per heavy atom. The number of hydrogen-bond donors (Lipinski definition) is 2. The van der Waals surface area contributed by atoms with Gasteiger partial charge in [0.05, 0.1) is 37.7 Å². The van der Waals surface area contributed by atoms with Gasteiger partial charge >= 0.3 is 11.8 Å². The molecule has 1 heterocycles. The third-order valence-electron chi connectivity index (χ3n) is 4.31. The maximum absolute atomic E-state index is 12.3. The van der Waals surface area contributed by atoms with Gasteiger partial charge in [-0.25, -0.2) is 0 Å². The maximum Gasteiger partial charge on any atom is 0.313 e. The van der Waals surface area contributed by atoms with Crippen LogP contribution in [0, 0.1) is 0 Å². The summed E-state index contributed by atoms with van der Waals surface area (Å²) in [4.78, 5) is 28.8. The second-order valence-electron chi connectivity index (χ2n) is 6.18. The van der Waals surface area contributed by atoms with Crippen LogP contribution < -0.4 is 20.1 Å². The highest BCUT2D eigenvalue weighted by molar-refractivity contribution is 6.39. The van der Waals surface area contributed by atoms with Gasteiger partial charge in [0.1, 0.15) is 0 Å². The minimum absolute atomic E-state index is 0.396. The number of hydrogen-bond acceptors (Lipinski definition) is 5. The normalized spacial score (nSPS) is 11.5. The predicted octanol–water partition coefficient (Wildman–Crippen LogP) is 3.07. The molecule has 0 saturated carbocycles. The van der Waals surface area contributed by atoms with Crippen molar-refractivity contribution in [3.8, 4) is 11.5 Å². The van der Waals surface area contributed by atoms with E-state index in [0.29, 0.717) is 17.2 Å². The van der Waals surface area contributed by atoms with Crippen molar-refractivity contribution in [3.63, 3.8) is 0 Å². The summed E-state index contributed by atoms with van der Waals surface area (Å²) in [5.41, 5.74) is 2.05. The quantitative estimate of drug-likeness (QED) is 0.665. The van der Waals surface area contributed by atoms with Crippen LogP contribution in [0.25, 0.3) is 10.9 Å². The molecule has 7 heteroatoms. The first-order valence-corrected chi connectivity index (χ1v) is 8.70. The number of anilines is 1. The fourth-order valence-electron chi connectivity index (χ4n) is 2.79. The Morgan fingerprint density at radius 1 is 0.964 bits per heavy atom. The number of carbonyl (C=O) groups is 2. The van der Waals surface area contributed by atoms with E-state index in [9.17, 15) is 9.59 Å². The summed E-state index contributed by atoms with van der Waals surface area (Å²) in [7, 11) is 3.09. The fourth-order valence-corrected chi connectivity index (χ4v) is 2.79. The highest BCUT2D eigenvalue weighted by Crippen LogP contribution is 2.29. The highest BCUT2D eigenvalue weighted by atomic mass is 16.5. The highest BCUT2D eigenvalue weighted by Gasteiger charge is 2.18. The first-order chi connectivity index (χ1) is 13.5. The molecule has 0 aliphatic heterocycles. The van der Waals surface area contributed by atoms with Crippen molar-refractivity contribution in [3.05, 3.63) is 60.3 Å². The zero-order chi connectivity index (χ0) is 20.1. The topological polar surface area (TPSA) is 89.5 Å². The summed E-state index contributed by atoms with van der Waals surface area (Å²) in [5, 5.41) is 6.12. The first-order valence-electron chi connectivity index (χ1n) is 8.70. The Hall–Kier alpha value is -3.61. The van der Waals surface area contributed by atoms with Gasteiger partial charge in [0.25, 0.3) is 0 Å². The smallest absolute Gasteiger partial charge is 0.313 e. The summed E-state index contributed by atoms with van der Waals surface area (Å²) >= 11 is 0. The van der Waals surface area contributed by atoms with Gasteiger partial charge in [0.15, 0.2) is 11.5 Å². The number of fused-ring (bicyclic) bond motifs is 1. The van der Waals surface area contributed by atoms with Crippen LogP contribution in [0.3, 0.4) is 0 Å². The van der Waals surface area contributed by atoms with E-state index in [0.717, 1.165) is 16.5 Å². The fraction of sp³-hybridized carbons (Fsp3) is 0.190. The lowest BCUT2D eigenvalue weighted by Crippen LogP contribution is -2.36. The third kappa shape index (κ3) is 4.20. The second kappa shape index (κ2) is 8.39. The van der Waals surface area contributed by atoms with Crippen LogP contribution >= 0.6 is 0 Å². The van der Waals surface area contributed by atoms with Gasteiger partial charge in [-0.05, 0) is 36.8 Å². The number of carbonyl (C=O) groups excluding carboxylic acids is 2. The number of ether oxygens (including phenoxy) is 2. The van der Waals surface area contributed by atoms with Gasteiger partial charge in [-0.3, -0.25) is 14.6 Å². The van der Waals surface area contributed by atoms with E-state index in [-0.39, 0.29) is 0 Å². The molecule has 7 nitrogen and oxygen atoms in total. The van der Waals surface area contributed by atoms with Gasteiger partial charge in [0.2, 0.25) is 0 Å². The van der Waals surface area contributed by atoms with Crippen LogP contribution in [-0.2, 0) is 9.59 Å². The Balaban J connectivity index is 1.66. The Morgan fingerprint density at radius 2 is 1.71 bits per heavy atom. The molecular formula is C21H21N3O4. The molecule has 144 valence electrons. The van der Waals surface area contributed by atoms with Crippen molar-refractivity contribution in [2.75, 3.05) is 19.5 Å². The number of amides is 2. The molecule has 0 saturated heterocycles. The molecule has 28 heavy (non-hydrogen) atoms. The number of nitrogens with one attached hydrogen (secondary N) is 2. The lowest BCUT2D eigenvalue weighted by atomic mass is 10.1. The Bertz CT molecular complexity index is 1020. The van der Waals surface area contributed by atoms with Crippen LogP contribution in [0.4, 0.5) is 5.69 Å². The van der Waals surface area contributed by atoms with Crippen LogP contribution in [0.1, 0.15) is 18.5 Å². The zero-order valence-electron chi connectivity index (χ0n) is 15.9. The second-order valence-corrected chi connectivity index (χ2v) is 6.18. The molecule has 1 aromatic heterocycles. The summed E-state index contributed by atoms with van der Waals surface area (Å²) in [6.45, 7) is 1.78. The third-order valence-corrected chi connectivity index (χ3v) is 4.31. The van der Waals surface area contributed by atoms with Crippen LogP contribution in [0.5, 0.6) is 11.5 Å². The minimum atomic E-state index is -0.760. The Kier molecular flexibility index (Phi) is 5.74. The van der Waals surface area contributed by atoms with Crippen molar-refractivity contribution >= 4 is 28.4 Å². The van der Waals surface area contributed by atoms with E-state index < -0.39 is 17.9 Å². The number of aromatic nitrogens is 1. The molecule has 2 aromatic carbocycles. The standard InChI is InChI=1S/C21H21N3O4/c1-13(14-8-9-18(27-2)19(11-14)28-3)23-20(25)21(26)24-16-10-15-6-4-5-7-17(15)22-12-16/h4-13H,1-3H3,(H,23,25)(H,24,26)/t13-/m1/s1. The van der Waals surface area contributed by atoms with E-state index >= 15 is 0 Å². The Labute approximate surface area is 162 Å². The molecule has 0 spiro atoms. The molecule has 0 aliphatic carbocycles. The molecule has 3 aromatic rings. The monoisotopic (exact) mass is 379 g/mol. The number of methoxy groups -OCH3 is 2. The van der Waals surface area contributed by atoms with Crippen LogP contribution in [-0.4, -0.2) is 31.0 Å². The van der Waals surface area contributed by atoms with Crippen molar-refractivity contribution in [1.29, 1.82) is 0 Å². The molecule has 2 amide bonds. The molecule has 2 N–H and O–H groups in total. The summed E-state index contributed by atoms with van der Waals surface area (Å²) < 4.78 is 10.5. The minimum Gasteiger partial charge on any atom is -0.493 e. The van der Waals surface area contributed by atoms with Crippen molar-refractivity contribution in [2.45, 2.75) is 13.0 Å². The van der Waals surface area contributed by atoms with E-state index in [4.69, 9.17) is 9.47 Å². The maximum atomic E-state index is 12.3. The average Bonchev–Trinajstić information content (AvgIpc) is 2.72. The van der Waals surface area contributed by atoms with Crippen LogP contribution in [0.2, 0.25) is 0 Å². The van der Waals surface area contributed by atoms with Gasteiger partial charge in [-0.2, -0.15) is 0 Å². The predicted molar refractivity (Wildman–Crippen MR) is 106 cm³/mol. The van der Waals surface area contributed by atoms with E-state index in [1.165, 1.54) is 13.3 Å². The zero-order valence-corrected chi connectivity index (χ0v) is 15.9. The number of rotatable bonds is 5. The SMILES string of the molecule is COc1ccc([C@@H](C)NC(=O)C(=O)Nc2cnc3ccccc3c2)cc1OC. The van der Waals surface area contributed by atoms with Gasteiger partial charge < -0.3 is 20.1 Å². The molecule has 0 unspecified atom stereocenters. The molecule has 0 aliphatic rings. The molecule has 0 radical (unpaired) electrons. The molecule has 0 fully saturated rings. The van der Waals surface area contributed by atoms with E-state index in [1.54, 1.807) is 38.3 Å².